The van der Waals surface area contributed by atoms with Gasteiger partial charge in [-0.2, -0.15) is 0 Å². The number of carbonyl (C=O) groups is 2. The van der Waals surface area contributed by atoms with Crippen LogP contribution in [0.25, 0.3) is 0 Å². The SMILES string of the molecule is Cc1ccc(N)cc1C(=O)NCCCNC(=O)c1cccs1.Cl. The van der Waals surface area contributed by atoms with Gasteiger partial charge in [-0.05, 0) is 42.5 Å². The van der Waals surface area contributed by atoms with Crippen LogP contribution in [0.2, 0.25) is 0 Å². The number of aryl methyl sites for hydroxylation is 1. The minimum atomic E-state index is -0.144. The molecular formula is C16H20ClN3O2S. The van der Waals surface area contributed by atoms with Crippen molar-refractivity contribution in [1.29, 1.82) is 0 Å². The molecule has 4 N–H and O–H groups in total. The number of carbonyl (C=O) groups excluding carboxylic acids is 2. The molecule has 23 heavy (non-hydrogen) atoms. The fourth-order valence-corrected chi connectivity index (χ4v) is 2.61. The molecular weight excluding hydrogens is 334 g/mol. The van der Waals surface area contributed by atoms with Crippen molar-refractivity contribution in [3.63, 3.8) is 0 Å². The van der Waals surface area contributed by atoms with Gasteiger partial charge in [-0.1, -0.05) is 12.1 Å². The van der Waals surface area contributed by atoms with Gasteiger partial charge in [0.2, 0.25) is 0 Å². The van der Waals surface area contributed by atoms with E-state index < -0.39 is 0 Å². The van der Waals surface area contributed by atoms with Gasteiger partial charge >= 0.3 is 0 Å². The number of benzene rings is 1. The fourth-order valence-electron chi connectivity index (χ4n) is 1.97. The van der Waals surface area contributed by atoms with Gasteiger partial charge in [0.25, 0.3) is 11.8 Å². The van der Waals surface area contributed by atoms with Gasteiger partial charge in [-0.15, -0.1) is 23.7 Å². The van der Waals surface area contributed by atoms with Crippen molar-refractivity contribution in [3.8, 4) is 0 Å². The third-order valence-electron chi connectivity index (χ3n) is 3.18. The summed E-state index contributed by atoms with van der Waals surface area (Å²) in [4.78, 5) is 24.4. The van der Waals surface area contributed by atoms with Crippen molar-refractivity contribution in [1.82, 2.24) is 10.6 Å². The van der Waals surface area contributed by atoms with E-state index in [9.17, 15) is 9.59 Å². The summed E-state index contributed by atoms with van der Waals surface area (Å²) in [5.41, 5.74) is 7.74. The van der Waals surface area contributed by atoms with Crippen LogP contribution in [-0.2, 0) is 0 Å². The van der Waals surface area contributed by atoms with Crippen molar-refractivity contribution in [3.05, 3.63) is 51.7 Å². The average Bonchev–Trinajstić information content (AvgIpc) is 3.03. The van der Waals surface area contributed by atoms with Gasteiger partial charge < -0.3 is 16.4 Å². The van der Waals surface area contributed by atoms with Crippen LogP contribution in [0.5, 0.6) is 0 Å². The number of thiophene rings is 1. The molecule has 0 fully saturated rings. The first-order chi connectivity index (χ1) is 10.6. The van der Waals surface area contributed by atoms with Gasteiger partial charge in [0.15, 0.2) is 0 Å². The molecule has 0 aliphatic rings. The highest BCUT2D eigenvalue weighted by molar-refractivity contribution is 7.12. The fraction of sp³-hybridized carbons (Fsp3) is 0.250. The van der Waals surface area contributed by atoms with Crippen LogP contribution in [0, 0.1) is 6.92 Å². The smallest absolute Gasteiger partial charge is 0.261 e. The Kier molecular flexibility index (Phi) is 7.57. The molecule has 2 aromatic rings. The zero-order chi connectivity index (χ0) is 15.9. The Balaban J connectivity index is 0.00000264. The highest BCUT2D eigenvalue weighted by Gasteiger charge is 2.09. The Morgan fingerprint density at radius 3 is 2.48 bits per heavy atom. The van der Waals surface area contributed by atoms with Crippen LogP contribution in [0.15, 0.2) is 35.7 Å². The number of hydrogen-bond donors (Lipinski definition) is 3. The minimum Gasteiger partial charge on any atom is -0.399 e. The Bertz CT molecular complexity index is 659. The lowest BCUT2D eigenvalue weighted by Gasteiger charge is -2.09. The van der Waals surface area contributed by atoms with Crippen LogP contribution in [0.4, 0.5) is 5.69 Å². The van der Waals surface area contributed by atoms with E-state index in [0.29, 0.717) is 35.6 Å². The topological polar surface area (TPSA) is 84.2 Å². The molecule has 124 valence electrons. The quantitative estimate of drug-likeness (QED) is 0.551. The number of rotatable bonds is 6. The first kappa shape index (κ1) is 19.0. The van der Waals surface area contributed by atoms with E-state index in [0.717, 1.165) is 5.56 Å². The molecule has 0 aliphatic heterocycles. The van der Waals surface area contributed by atoms with Crippen LogP contribution in [-0.4, -0.2) is 24.9 Å². The lowest BCUT2D eigenvalue weighted by Crippen LogP contribution is -2.30. The molecule has 0 saturated carbocycles. The molecule has 0 aliphatic carbocycles. The number of nitrogen functional groups attached to an aromatic ring is 1. The number of hydrogen-bond acceptors (Lipinski definition) is 4. The Morgan fingerprint density at radius 2 is 1.83 bits per heavy atom. The van der Waals surface area contributed by atoms with E-state index in [1.54, 1.807) is 18.2 Å². The van der Waals surface area contributed by atoms with E-state index >= 15 is 0 Å². The summed E-state index contributed by atoms with van der Waals surface area (Å²) in [7, 11) is 0. The molecule has 0 spiro atoms. The maximum Gasteiger partial charge on any atom is 0.261 e. The number of nitrogens with one attached hydrogen (secondary N) is 2. The second kappa shape index (κ2) is 9.17. The summed E-state index contributed by atoms with van der Waals surface area (Å²) in [6, 6.07) is 8.89. The average molecular weight is 354 g/mol. The first-order valence-corrected chi connectivity index (χ1v) is 7.92. The van der Waals surface area contributed by atoms with E-state index in [-0.39, 0.29) is 24.2 Å². The van der Waals surface area contributed by atoms with Crippen molar-refractivity contribution in [2.75, 3.05) is 18.8 Å². The lowest BCUT2D eigenvalue weighted by atomic mass is 10.1. The van der Waals surface area contributed by atoms with Crippen molar-refractivity contribution in [2.24, 2.45) is 0 Å². The largest absolute Gasteiger partial charge is 0.399 e. The number of amides is 2. The van der Waals surface area contributed by atoms with Gasteiger partial charge in [-0.25, -0.2) is 0 Å². The Morgan fingerprint density at radius 1 is 1.13 bits per heavy atom. The molecule has 0 unspecified atom stereocenters. The monoisotopic (exact) mass is 353 g/mol. The van der Waals surface area contributed by atoms with Gasteiger partial charge in [0.1, 0.15) is 0 Å². The zero-order valence-corrected chi connectivity index (χ0v) is 14.4. The van der Waals surface area contributed by atoms with Crippen molar-refractivity contribution in [2.45, 2.75) is 13.3 Å². The van der Waals surface area contributed by atoms with Crippen LogP contribution < -0.4 is 16.4 Å². The number of anilines is 1. The van der Waals surface area contributed by atoms with Gasteiger partial charge in [-0.3, -0.25) is 9.59 Å². The molecule has 0 saturated heterocycles. The number of nitrogens with two attached hydrogens (primary N) is 1. The molecule has 0 atom stereocenters. The van der Waals surface area contributed by atoms with E-state index in [1.165, 1.54) is 11.3 Å². The van der Waals surface area contributed by atoms with Crippen molar-refractivity contribution < 1.29 is 9.59 Å². The standard InChI is InChI=1S/C16H19N3O2S.ClH/c1-11-5-6-12(17)10-13(11)15(20)18-7-3-8-19-16(21)14-4-2-9-22-14;/h2,4-6,9-10H,3,7-8,17H2,1H3,(H,18,20)(H,19,21);1H. The highest BCUT2D eigenvalue weighted by atomic mass is 35.5. The second-order valence-electron chi connectivity index (χ2n) is 4.92. The van der Waals surface area contributed by atoms with E-state index in [1.807, 2.05) is 24.4 Å². The summed E-state index contributed by atoms with van der Waals surface area (Å²) in [5, 5.41) is 7.52. The lowest BCUT2D eigenvalue weighted by molar-refractivity contribution is 0.0952. The molecule has 1 aromatic heterocycles. The molecule has 2 amide bonds. The summed E-state index contributed by atoms with van der Waals surface area (Å²) in [6.07, 6.45) is 0.671. The molecule has 1 aromatic carbocycles. The van der Waals surface area contributed by atoms with Crippen molar-refractivity contribution >= 4 is 41.2 Å². The van der Waals surface area contributed by atoms with Crippen LogP contribution in [0.3, 0.4) is 0 Å². The number of halogens is 1. The maximum absolute atomic E-state index is 12.0. The highest BCUT2D eigenvalue weighted by Crippen LogP contribution is 2.12. The van der Waals surface area contributed by atoms with Crippen LogP contribution >= 0.6 is 23.7 Å². The molecule has 2 rings (SSSR count). The molecule has 0 radical (unpaired) electrons. The second-order valence-corrected chi connectivity index (χ2v) is 5.86. The van der Waals surface area contributed by atoms with Crippen LogP contribution in [0.1, 0.15) is 32.0 Å². The summed E-state index contributed by atoms with van der Waals surface area (Å²) in [6.45, 7) is 2.89. The molecule has 5 nitrogen and oxygen atoms in total. The summed E-state index contributed by atoms with van der Waals surface area (Å²) < 4.78 is 0. The zero-order valence-electron chi connectivity index (χ0n) is 12.8. The van der Waals surface area contributed by atoms with E-state index in [2.05, 4.69) is 10.6 Å². The normalized spacial score (nSPS) is 9.78. The van der Waals surface area contributed by atoms with Gasteiger partial charge in [0.05, 0.1) is 4.88 Å². The molecule has 1 heterocycles. The first-order valence-electron chi connectivity index (χ1n) is 7.04. The minimum absolute atomic E-state index is 0. The predicted octanol–water partition coefficient (Wildman–Crippen LogP) is 2.61. The Hall–Kier alpha value is -2.05. The molecule has 7 heteroatoms. The Labute approximate surface area is 145 Å². The van der Waals surface area contributed by atoms with E-state index in [4.69, 9.17) is 5.73 Å². The summed E-state index contributed by atoms with van der Waals surface area (Å²) in [5.74, 6) is -0.220. The predicted molar refractivity (Wildman–Crippen MR) is 96.4 cm³/mol. The third-order valence-corrected chi connectivity index (χ3v) is 4.04. The summed E-state index contributed by atoms with van der Waals surface area (Å²) >= 11 is 1.41. The third kappa shape index (κ3) is 5.58. The maximum atomic E-state index is 12.0. The van der Waals surface area contributed by atoms with Gasteiger partial charge in [0, 0.05) is 24.3 Å². The molecule has 0 bridgehead atoms.